The van der Waals surface area contributed by atoms with E-state index in [0.717, 1.165) is 24.3 Å². The quantitative estimate of drug-likeness (QED) is 0.447. The third kappa shape index (κ3) is 7.26. The summed E-state index contributed by atoms with van der Waals surface area (Å²) in [6.07, 6.45) is 1.14. The number of ether oxygens (including phenoxy) is 2. The zero-order valence-corrected chi connectivity index (χ0v) is 18.3. The lowest BCUT2D eigenvalue weighted by Crippen LogP contribution is -2.32. The van der Waals surface area contributed by atoms with Crippen LogP contribution in [0.2, 0.25) is 0 Å². The summed E-state index contributed by atoms with van der Waals surface area (Å²) in [7, 11) is 1.40. The molecule has 0 aliphatic carbocycles. The second-order valence-corrected chi connectivity index (χ2v) is 7.72. The molecule has 1 N–H and O–H groups in total. The summed E-state index contributed by atoms with van der Waals surface area (Å²) in [4.78, 5) is 11.5. The maximum atomic E-state index is 11.5. The molecule has 0 amide bonds. The Kier molecular flexibility index (Phi) is 8.68. The molecule has 4 nitrogen and oxygen atoms in total. The van der Waals surface area contributed by atoms with Crippen LogP contribution < -0.4 is 10.1 Å². The molecule has 3 rings (SSSR count). The Balaban J connectivity index is 1.50. The Bertz CT molecular complexity index is 888. The molecule has 0 heterocycles. The van der Waals surface area contributed by atoms with Crippen molar-refractivity contribution in [1.82, 2.24) is 5.32 Å². The monoisotopic (exact) mass is 417 g/mol. The molecule has 0 unspecified atom stereocenters. The fourth-order valence-corrected chi connectivity index (χ4v) is 3.56. The first kappa shape index (κ1) is 22.6. The SMILES string of the molecule is COC(=O)Cc1cccc(OCC[C@@H](C)NCC(c2ccccc2)c2ccccc2)c1. The van der Waals surface area contributed by atoms with Crippen LogP contribution in [0.4, 0.5) is 0 Å². The van der Waals surface area contributed by atoms with E-state index < -0.39 is 0 Å². The van der Waals surface area contributed by atoms with Crippen molar-refractivity contribution in [2.24, 2.45) is 0 Å². The second-order valence-electron chi connectivity index (χ2n) is 7.72. The summed E-state index contributed by atoms with van der Waals surface area (Å²) in [5.74, 6) is 0.835. The topological polar surface area (TPSA) is 47.6 Å². The highest BCUT2D eigenvalue weighted by molar-refractivity contribution is 5.72. The van der Waals surface area contributed by atoms with Gasteiger partial charge in [0.2, 0.25) is 0 Å². The highest BCUT2D eigenvalue weighted by Crippen LogP contribution is 2.24. The summed E-state index contributed by atoms with van der Waals surface area (Å²) >= 11 is 0. The molecule has 0 fully saturated rings. The van der Waals surface area contributed by atoms with Crippen LogP contribution in [0.25, 0.3) is 0 Å². The number of carbonyl (C=O) groups excluding carboxylic acids is 1. The Morgan fingerprint density at radius 3 is 2.16 bits per heavy atom. The second kappa shape index (κ2) is 11.9. The molecule has 0 aromatic heterocycles. The van der Waals surface area contributed by atoms with Crippen molar-refractivity contribution < 1.29 is 14.3 Å². The third-order valence-electron chi connectivity index (χ3n) is 5.37. The number of benzene rings is 3. The van der Waals surface area contributed by atoms with Crippen LogP contribution in [0, 0.1) is 0 Å². The smallest absolute Gasteiger partial charge is 0.309 e. The summed E-state index contributed by atoms with van der Waals surface area (Å²) in [5.41, 5.74) is 3.52. The lowest BCUT2D eigenvalue weighted by molar-refractivity contribution is -0.139. The van der Waals surface area contributed by atoms with Crippen LogP contribution in [-0.2, 0) is 16.0 Å². The molecule has 0 spiro atoms. The summed E-state index contributed by atoms with van der Waals surface area (Å²) < 4.78 is 10.6. The van der Waals surface area contributed by atoms with Gasteiger partial charge in [-0.1, -0.05) is 72.8 Å². The molecule has 0 radical (unpaired) electrons. The first-order chi connectivity index (χ1) is 15.2. The van der Waals surface area contributed by atoms with Crippen LogP contribution in [-0.4, -0.2) is 32.3 Å². The number of methoxy groups -OCH3 is 1. The van der Waals surface area contributed by atoms with E-state index in [-0.39, 0.29) is 12.4 Å². The third-order valence-corrected chi connectivity index (χ3v) is 5.37. The number of esters is 1. The van der Waals surface area contributed by atoms with Gasteiger partial charge in [0.1, 0.15) is 5.75 Å². The number of hydrogen-bond acceptors (Lipinski definition) is 4. The molecule has 3 aromatic carbocycles. The molecular weight excluding hydrogens is 386 g/mol. The number of hydrogen-bond donors (Lipinski definition) is 1. The van der Waals surface area contributed by atoms with Gasteiger partial charge in [0.05, 0.1) is 20.1 Å². The van der Waals surface area contributed by atoms with Gasteiger partial charge in [-0.05, 0) is 42.2 Å². The van der Waals surface area contributed by atoms with Gasteiger partial charge in [-0.3, -0.25) is 4.79 Å². The fraction of sp³-hybridized carbons (Fsp3) is 0.296. The van der Waals surface area contributed by atoms with Crippen molar-refractivity contribution in [2.75, 3.05) is 20.3 Å². The zero-order chi connectivity index (χ0) is 21.9. The van der Waals surface area contributed by atoms with Gasteiger partial charge < -0.3 is 14.8 Å². The normalized spacial score (nSPS) is 11.8. The van der Waals surface area contributed by atoms with E-state index >= 15 is 0 Å². The number of nitrogens with one attached hydrogen (secondary N) is 1. The maximum absolute atomic E-state index is 11.5. The molecule has 1 atom stereocenters. The van der Waals surface area contributed by atoms with Gasteiger partial charge in [-0.25, -0.2) is 0 Å². The summed E-state index contributed by atoms with van der Waals surface area (Å²) in [5, 5.41) is 3.67. The Morgan fingerprint density at radius 1 is 0.903 bits per heavy atom. The first-order valence-corrected chi connectivity index (χ1v) is 10.8. The van der Waals surface area contributed by atoms with E-state index in [1.807, 2.05) is 24.3 Å². The predicted molar refractivity (Wildman–Crippen MR) is 124 cm³/mol. The van der Waals surface area contributed by atoms with Crippen LogP contribution in [0.3, 0.4) is 0 Å². The van der Waals surface area contributed by atoms with Crippen LogP contribution in [0.5, 0.6) is 5.75 Å². The van der Waals surface area contributed by atoms with Gasteiger partial charge in [-0.2, -0.15) is 0 Å². The van der Waals surface area contributed by atoms with Crippen molar-refractivity contribution in [3.05, 3.63) is 102 Å². The fourth-order valence-electron chi connectivity index (χ4n) is 3.56. The molecule has 0 bridgehead atoms. The standard InChI is InChI=1S/C27H31NO3/c1-21(16-17-31-25-15-9-10-22(18-25)19-27(29)30-2)28-20-26(23-11-5-3-6-12-23)24-13-7-4-8-14-24/h3-15,18,21,26,28H,16-17,19-20H2,1-2H3/t21-/m1/s1. The zero-order valence-electron chi connectivity index (χ0n) is 18.3. The molecule has 0 saturated heterocycles. The average molecular weight is 418 g/mol. The lowest BCUT2D eigenvalue weighted by Gasteiger charge is -2.22. The van der Waals surface area contributed by atoms with E-state index in [1.165, 1.54) is 18.2 Å². The molecular formula is C27H31NO3. The van der Waals surface area contributed by atoms with Crippen molar-refractivity contribution in [3.8, 4) is 5.75 Å². The summed E-state index contributed by atoms with van der Waals surface area (Å²) in [6.45, 7) is 3.66. The number of rotatable bonds is 11. The Hall–Kier alpha value is -3.11. The molecule has 0 aliphatic rings. The van der Waals surface area contributed by atoms with Gasteiger partial charge in [0.15, 0.2) is 0 Å². The minimum atomic E-state index is -0.249. The van der Waals surface area contributed by atoms with E-state index in [0.29, 0.717) is 18.6 Å². The Morgan fingerprint density at radius 2 is 1.55 bits per heavy atom. The largest absolute Gasteiger partial charge is 0.494 e. The van der Waals surface area contributed by atoms with Gasteiger partial charge in [0, 0.05) is 18.5 Å². The molecule has 162 valence electrons. The number of carbonyl (C=O) groups is 1. The van der Waals surface area contributed by atoms with Gasteiger partial charge in [-0.15, -0.1) is 0 Å². The van der Waals surface area contributed by atoms with Crippen LogP contribution >= 0.6 is 0 Å². The molecule has 4 heteroatoms. The van der Waals surface area contributed by atoms with Crippen molar-refractivity contribution in [3.63, 3.8) is 0 Å². The minimum absolute atomic E-state index is 0.249. The van der Waals surface area contributed by atoms with Crippen LogP contribution in [0.1, 0.15) is 36.0 Å². The van der Waals surface area contributed by atoms with Crippen molar-refractivity contribution in [2.45, 2.75) is 31.7 Å². The summed E-state index contributed by atoms with van der Waals surface area (Å²) in [6, 6.07) is 29.2. The molecule has 0 aliphatic heterocycles. The van der Waals surface area contributed by atoms with Gasteiger partial charge in [0.25, 0.3) is 0 Å². The average Bonchev–Trinajstić information content (AvgIpc) is 2.81. The van der Waals surface area contributed by atoms with E-state index in [1.54, 1.807) is 0 Å². The minimum Gasteiger partial charge on any atom is -0.494 e. The molecule has 0 saturated carbocycles. The van der Waals surface area contributed by atoms with E-state index in [9.17, 15) is 4.79 Å². The van der Waals surface area contributed by atoms with Crippen molar-refractivity contribution in [1.29, 1.82) is 0 Å². The van der Waals surface area contributed by atoms with Crippen molar-refractivity contribution >= 4 is 5.97 Å². The highest BCUT2D eigenvalue weighted by Gasteiger charge is 2.15. The predicted octanol–water partition coefficient (Wildman–Crippen LogP) is 4.98. The molecule has 31 heavy (non-hydrogen) atoms. The van der Waals surface area contributed by atoms with Crippen LogP contribution in [0.15, 0.2) is 84.9 Å². The van der Waals surface area contributed by atoms with E-state index in [4.69, 9.17) is 9.47 Å². The molecule has 3 aromatic rings. The Labute approximate surface area is 185 Å². The highest BCUT2D eigenvalue weighted by atomic mass is 16.5. The first-order valence-electron chi connectivity index (χ1n) is 10.8. The maximum Gasteiger partial charge on any atom is 0.309 e. The lowest BCUT2D eigenvalue weighted by atomic mass is 9.91. The van der Waals surface area contributed by atoms with E-state index in [2.05, 4.69) is 72.9 Å². The van der Waals surface area contributed by atoms with Gasteiger partial charge >= 0.3 is 5.97 Å².